The van der Waals surface area contributed by atoms with E-state index in [1.54, 1.807) is 58.2 Å². The van der Waals surface area contributed by atoms with Crippen LogP contribution in [0.2, 0.25) is 0 Å². The zero-order chi connectivity index (χ0) is 17.9. The number of carbonyl (C=O) groups excluding carboxylic acids is 3. The van der Waals surface area contributed by atoms with Crippen molar-refractivity contribution in [3.05, 3.63) is 34.7 Å². The fourth-order valence-electron chi connectivity index (χ4n) is 1.99. The zero-order valence-electron chi connectivity index (χ0n) is 14.0. The van der Waals surface area contributed by atoms with E-state index in [9.17, 15) is 14.4 Å². The van der Waals surface area contributed by atoms with Crippen LogP contribution in [0, 0.1) is 0 Å². The molecule has 0 bridgehead atoms. The Morgan fingerprint density at radius 1 is 1.21 bits per heavy atom. The van der Waals surface area contributed by atoms with Gasteiger partial charge in [0.05, 0.1) is 12.0 Å². The maximum Gasteiger partial charge on any atom is 0.326 e. The molecule has 1 aromatic carbocycles. The number of rotatable bonds is 4. The average Bonchev–Trinajstić information content (AvgIpc) is 2.74. The molecular weight excluding hydrogens is 330 g/mol. The van der Waals surface area contributed by atoms with Gasteiger partial charge in [0.15, 0.2) is 0 Å². The summed E-state index contributed by atoms with van der Waals surface area (Å²) in [5.74, 6) is -0.410. The number of esters is 1. The Kier molecular flexibility index (Phi) is 5.33. The number of carbonyl (C=O) groups is 3. The fraction of sp³-hybridized carbons (Fsp3) is 0.353. The summed E-state index contributed by atoms with van der Waals surface area (Å²) in [5.41, 5.74) is 0.0937. The van der Waals surface area contributed by atoms with Gasteiger partial charge in [-0.2, -0.15) is 0 Å². The van der Waals surface area contributed by atoms with Gasteiger partial charge in [-0.3, -0.25) is 19.3 Å². The van der Waals surface area contributed by atoms with Crippen LogP contribution >= 0.6 is 11.8 Å². The lowest BCUT2D eigenvalue weighted by Crippen LogP contribution is -2.37. The van der Waals surface area contributed by atoms with Crippen molar-refractivity contribution in [3.8, 4) is 5.75 Å². The van der Waals surface area contributed by atoms with E-state index in [1.807, 2.05) is 0 Å². The Morgan fingerprint density at radius 3 is 2.38 bits per heavy atom. The molecule has 0 N–H and O–H groups in total. The first-order valence-electron chi connectivity index (χ1n) is 7.31. The van der Waals surface area contributed by atoms with Gasteiger partial charge in [0.2, 0.25) is 0 Å². The Hall–Kier alpha value is -2.28. The predicted molar refractivity (Wildman–Crippen MR) is 91.5 cm³/mol. The van der Waals surface area contributed by atoms with Crippen LogP contribution in [0.4, 0.5) is 4.79 Å². The Balaban J connectivity index is 2.10. The van der Waals surface area contributed by atoms with Crippen LogP contribution in [0.15, 0.2) is 29.2 Å². The number of benzene rings is 1. The van der Waals surface area contributed by atoms with Crippen molar-refractivity contribution in [3.63, 3.8) is 0 Å². The van der Waals surface area contributed by atoms with Crippen molar-refractivity contribution in [1.82, 2.24) is 4.90 Å². The third-order valence-corrected chi connectivity index (χ3v) is 3.90. The van der Waals surface area contributed by atoms with E-state index < -0.39 is 22.7 Å². The van der Waals surface area contributed by atoms with Crippen LogP contribution in [0.5, 0.6) is 5.75 Å². The lowest BCUT2D eigenvalue weighted by molar-refractivity contribution is -0.156. The third kappa shape index (κ3) is 4.61. The number of methoxy groups -OCH3 is 1. The molecule has 0 saturated carbocycles. The molecule has 0 atom stereocenters. The van der Waals surface area contributed by atoms with Gasteiger partial charge >= 0.3 is 5.97 Å². The van der Waals surface area contributed by atoms with Gasteiger partial charge in [-0.1, -0.05) is 12.1 Å². The van der Waals surface area contributed by atoms with E-state index in [4.69, 9.17) is 9.47 Å². The maximum atomic E-state index is 12.3. The molecule has 24 heavy (non-hydrogen) atoms. The molecule has 1 aliphatic rings. The van der Waals surface area contributed by atoms with E-state index in [0.717, 1.165) is 22.2 Å². The molecule has 0 aromatic heterocycles. The number of hydrogen-bond acceptors (Lipinski definition) is 6. The molecule has 2 amide bonds. The molecule has 2 rings (SSSR count). The molecular formula is C17H19NO5S. The Labute approximate surface area is 144 Å². The highest BCUT2D eigenvalue weighted by Gasteiger charge is 2.37. The van der Waals surface area contributed by atoms with Gasteiger partial charge in [-0.25, -0.2) is 0 Å². The summed E-state index contributed by atoms with van der Waals surface area (Å²) in [7, 11) is 1.57. The van der Waals surface area contributed by atoms with Gasteiger partial charge in [0, 0.05) is 0 Å². The van der Waals surface area contributed by atoms with Crippen LogP contribution in [0.1, 0.15) is 26.3 Å². The number of nitrogens with zero attached hydrogens (tertiary/aromatic N) is 1. The van der Waals surface area contributed by atoms with Gasteiger partial charge in [-0.05, 0) is 56.3 Å². The topological polar surface area (TPSA) is 72.9 Å². The molecule has 1 aliphatic heterocycles. The van der Waals surface area contributed by atoms with Gasteiger partial charge in [0.1, 0.15) is 17.9 Å². The highest BCUT2D eigenvalue weighted by molar-refractivity contribution is 8.18. The smallest absolute Gasteiger partial charge is 0.326 e. The summed E-state index contributed by atoms with van der Waals surface area (Å²) in [6.07, 6.45) is 1.61. The number of amides is 2. The first-order valence-corrected chi connectivity index (χ1v) is 8.12. The SMILES string of the molecule is COc1ccc(/C=C2/SC(=O)N(CC(=O)OC(C)(C)C)C2=O)cc1. The number of ether oxygens (including phenoxy) is 2. The second kappa shape index (κ2) is 7.09. The van der Waals surface area contributed by atoms with E-state index in [2.05, 4.69) is 0 Å². The summed E-state index contributed by atoms with van der Waals surface area (Å²) < 4.78 is 10.2. The van der Waals surface area contributed by atoms with Gasteiger partial charge < -0.3 is 9.47 Å². The predicted octanol–water partition coefficient (Wildman–Crippen LogP) is 3.07. The lowest BCUT2D eigenvalue weighted by Gasteiger charge is -2.21. The van der Waals surface area contributed by atoms with E-state index in [0.29, 0.717) is 5.75 Å². The Morgan fingerprint density at radius 2 is 1.83 bits per heavy atom. The van der Waals surface area contributed by atoms with Gasteiger partial charge in [0.25, 0.3) is 11.1 Å². The maximum absolute atomic E-state index is 12.3. The van der Waals surface area contributed by atoms with Crippen LogP contribution in [0.3, 0.4) is 0 Å². The van der Waals surface area contributed by atoms with Crippen molar-refractivity contribution in [2.75, 3.05) is 13.7 Å². The number of thioether (sulfide) groups is 1. The average molecular weight is 349 g/mol. The third-order valence-electron chi connectivity index (χ3n) is 2.99. The quantitative estimate of drug-likeness (QED) is 0.614. The summed E-state index contributed by atoms with van der Waals surface area (Å²) in [6.45, 7) is 4.79. The monoisotopic (exact) mass is 349 g/mol. The molecule has 1 saturated heterocycles. The first-order chi connectivity index (χ1) is 11.2. The minimum absolute atomic E-state index is 0.272. The summed E-state index contributed by atoms with van der Waals surface area (Å²) in [4.78, 5) is 37.3. The number of hydrogen-bond donors (Lipinski definition) is 0. The van der Waals surface area contributed by atoms with Crippen LogP contribution < -0.4 is 4.74 Å². The van der Waals surface area contributed by atoms with Crippen LogP contribution in [0.25, 0.3) is 6.08 Å². The van der Waals surface area contributed by atoms with Crippen LogP contribution in [-0.2, 0) is 14.3 Å². The molecule has 128 valence electrons. The van der Waals surface area contributed by atoms with Crippen molar-refractivity contribution in [2.24, 2.45) is 0 Å². The van der Waals surface area contributed by atoms with E-state index in [-0.39, 0.29) is 11.4 Å². The van der Waals surface area contributed by atoms with Crippen molar-refractivity contribution in [2.45, 2.75) is 26.4 Å². The molecule has 7 heteroatoms. The Bertz CT molecular complexity index is 688. The minimum Gasteiger partial charge on any atom is -0.497 e. The number of imide groups is 1. The first kappa shape index (κ1) is 18.1. The van der Waals surface area contributed by atoms with Crippen molar-refractivity contribution in [1.29, 1.82) is 0 Å². The normalized spacial score (nSPS) is 16.7. The van der Waals surface area contributed by atoms with E-state index in [1.165, 1.54) is 0 Å². The molecule has 0 radical (unpaired) electrons. The molecule has 0 unspecified atom stereocenters. The highest BCUT2D eigenvalue weighted by atomic mass is 32.2. The summed E-state index contributed by atoms with van der Waals surface area (Å²) in [5, 5.41) is -0.481. The van der Waals surface area contributed by atoms with E-state index >= 15 is 0 Å². The van der Waals surface area contributed by atoms with Gasteiger partial charge in [-0.15, -0.1) is 0 Å². The minimum atomic E-state index is -0.669. The second-order valence-electron chi connectivity index (χ2n) is 6.13. The molecule has 6 nitrogen and oxygen atoms in total. The van der Waals surface area contributed by atoms with Crippen molar-refractivity contribution < 1.29 is 23.9 Å². The summed E-state index contributed by atoms with van der Waals surface area (Å²) >= 11 is 0.806. The molecule has 1 fully saturated rings. The molecule has 0 aliphatic carbocycles. The standard InChI is InChI=1S/C17H19NO5S/c1-17(2,3)23-14(19)10-18-15(20)13(24-16(18)21)9-11-5-7-12(22-4)8-6-11/h5-9H,10H2,1-4H3/b13-9+. The summed E-state index contributed by atoms with van der Waals surface area (Å²) in [6, 6.07) is 7.08. The highest BCUT2D eigenvalue weighted by Crippen LogP contribution is 2.32. The molecule has 1 heterocycles. The fourth-order valence-corrected chi connectivity index (χ4v) is 2.83. The lowest BCUT2D eigenvalue weighted by atomic mass is 10.2. The molecule has 0 spiro atoms. The largest absolute Gasteiger partial charge is 0.497 e. The van der Waals surface area contributed by atoms with Crippen LogP contribution in [-0.4, -0.2) is 41.3 Å². The molecule has 1 aromatic rings. The zero-order valence-corrected chi connectivity index (χ0v) is 14.8. The second-order valence-corrected chi connectivity index (χ2v) is 7.12. The van der Waals surface area contributed by atoms with Crippen molar-refractivity contribution >= 4 is 35.0 Å².